The topological polar surface area (TPSA) is 140 Å². The standard InChI is InChI=1S/C15H20O9S/c1-8-3-5-10(6-4-8)25(20,21)22-7-11-12(17)14(23-9(2)16)13(18)15(19)24-11/h3-6,11-15,17-19H,7H2,1-2H3/t11-,12-,13-,14+,15-/m1/s1. The first kappa shape index (κ1) is 19.8. The number of hydrogen-bond acceptors (Lipinski definition) is 9. The Balaban J connectivity index is 2.08. The Hall–Kier alpha value is -1.56. The van der Waals surface area contributed by atoms with Crippen LogP contribution in [0.4, 0.5) is 0 Å². The maximum Gasteiger partial charge on any atom is 0.303 e. The molecule has 0 amide bonds. The Morgan fingerprint density at radius 3 is 2.32 bits per heavy atom. The number of ether oxygens (including phenoxy) is 2. The van der Waals surface area contributed by atoms with Gasteiger partial charge in [-0.3, -0.25) is 8.98 Å². The van der Waals surface area contributed by atoms with Crippen LogP contribution in [0.1, 0.15) is 12.5 Å². The van der Waals surface area contributed by atoms with Crippen LogP contribution in [-0.2, 0) is 28.6 Å². The van der Waals surface area contributed by atoms with Gasteiger partial charge in [0, 0.05) is 6.92 Å². The molecule has 0 bridgehead atoms. The average Bonchev–Trinajstić information content (AvgIpc) is 2.54. The quantitative estimate of drug-likeness (QED) is 0.439. The Bertz CT molecular complexity index is 700. The molecule has 25 heavy (non-hydrogen) atoms. The van der Waals surface area contributed by atoms with E-state index in [1.165, 1.54) is 12.1 Å². The van der Waals surface area contributed by atoms with Crippen molar-refractivity contribution in [1.29, 1.82) is 0 Å². The summed E-state index contributed by atoms with van der Waals surface area (Å²) in [7, 11) is -4.11. The highest BCUT2D eigenvalue weighted by Gasteiger charge is 2.46. The summed E-state index contributed by atoms with van der Waals surface area (Å²) < 4.78 is 38.8. The van der Waals surface area contributed by atoms with Crippen LogP contribution in [0.2, 0.25) is 0 Å². The van der Waals surface area contributed by atoms with E-state index in [1.54, 1.807) is 19.1 Å². The zero-order valence-electron chi connectivity index (χ0n) is 13.6. The first-order chi connectivity index (χ1) is 11.6. The van der Waals surface area contributed by atoms with Crippen molar-refractivity contribution in [2.75, 3.05) is 6.61 Å². The molecule has 2 rings (SSSR count). The van der Waals surface area contributed by atoms with Crippen molar-refractivity contribution in [2.45, 2.75) is 49.4 Å². The number of carbonyl (C=O) groups excluding carboxylic acids is 1. The van der Waals surface area contributed by atoms with E-state index in [-0.39, 0.29) is 4.90 Å². The third-order valence-corrected chi connectivity index (χ3v) is 4.96. The number of carbonyl (C=O) groups is 1. The summed E-state index contributed by atoms with van der Waals surface area (Å²) in [6, 6.07) is 5.92. The van der Waals surface area contributed by atoms with Gasteiger partial charge in [0.05, 0.1) is 11.5 Å². The predicted molar refractivity (Wildman–Crippen MR) is 82.8 cm³/mol. The molecule has 1 aromatic rings. The van der Waals surface area contributed by atoms with Crippen molar-refractivity contribution in [3.05, 3.63) is 29.8 Å². The van der Waals surface area contributed by atoms with Crippen LogP contribution >= 0.6 is 0 Å². The van der Waals surface area contributed by atoms with Gasteiger partial charge >= 0.3 is 5.97 Å². The molecule has 1 aliphatic rings. The van der Waals surface area contributed by atoms with Crippen LogP contribution in [0.3, 0.4) is 0 Å². The second-order valence-electron chi connectivity index (χ2n) is 5.67. The fourth-order valence-corrected chi connectivity index (χ4v) is 3.23. The molecule has 0 saturated carbocycles. The van der Waals surface area contributed by atoms with E-state index in [9.17, 15) is 28.5 Å². The van der Waals surface area contributed by atoms with E-state index < -0.39 is 53.4 Å². The molecule has 0 spiro atoms. The Labute approximate surface area is 144 Å². The van der Waals surface area contributed by atoms with Crippen LogP contribution in [0.5, 0.6) is 0 Å². The monoisotopic (exact) mass is 376 g/mol. The molecule has 0 aliphatic carbocycles. The molecule has 5 atom stereocenters. The molecule has 10 heteroatoms. The number of rotatable bonds is 5. The summed E-state index contributed by atoms with van der Waals surface area (Å²) in [5, 5.41) is 29.5. The molecule has 1 aliphatic heterocycles. The highest BCUT2D eigenvalue weighted by molar-refractivity contribution is 7.86. The van der Waals surface area contributed by atoms with Gasteiger partial charge in [0.2, 0.25) is 0 Å². The van der Waals surface area contributed by atoms with E-state index in [4.69, 9.17) is 13.7 Å². The van der Waals surface area contributed by atoms with E-state index in [0.717, 1.165) is 12.5 Å². The molecule has 1 fully saturated rings. The molecule has 1 saturated heterocycles. The second kappa shape index (κ2) is 7.77. The van der Waals surface area contributed by atoms with Crippen molar-refractivity contribution in [2.24, 2.45) is 0 Å². The van der Waals surface area contributed by atoms with E-state index in [0.29, 0.717) is 0 Å². The van der Waals surface area contributed by atoms with Gasteiger partial charge in [-0.2, -0.15) is 8.42 Å². The van der Waals surface area contributed by atoms with Crippen LogP contribution in [0.15, 0.2) is 29.2 Å². The van der Waals surface area contributed by atoms with Gasteiger partial charge < -0.3 is 24.8 Å². The molecule has 0 unspecified atom stereocenters. The zero-order valence-corrected chi connectivity index (χ0v) is 14.4. The lowest BCUT2D eigenvalue weighted by Gasteiger charge is -2.39. The fourth-order valence-electron chi connectivity index (χ4n) is 2.31. The highest BCUT2D eigenvalue weighted by atomic mass is 32.2. The SMILES string of the molecule is CC(=O)O[C@@H]1[C@@H](O)[C@H](O)O[C@H](COS(=O)(=O)c2ccc(C)cc2)[C@H]1O. The van der Waals surface area contributed by atoms with Gasteiger partial charge in [0.25, 0.3) is 10.1 Å². The first-order valence-electron chi connectivity index (χ1n) is 7.45. The van der Waals surface area contributed by atoms with Gasteiger partial charge in [-0.25, -0.2) is 0 Å². The zero-order chi connectivity index (χ0) is 18.8. The van der Waals surface area contributed by atoms with Crippen LogP contribution in [0, 0.1) is 6.92 Å². The summed E-state index contributed by atoms with van der Waals surface area (Å²) >= 11 is 0. The summed E-state index contributed by atoms with van der Waals surface area (Å²) in [5.41, 5.74) is 0.867. The lowest BCUT2D eigenvalue weighted by Crippen LogP contribution is -2.60. The normalized spacial score (nSPS) is 30.0. The summed E-state index contributed by atoms with van der Waals surface area (Å²) in [6.07, 6.45) is -7.84. The third kappa shape index (κ3) is 4.75. The van der Waals surface area contributed by atoms with E-state index in [1.807, 2.05) is 0 Å². The number of benzene rings is 1. The number of hydrogen-bond donors (Lipinski definition) is 3. The van der Waals surface area contributed by atoms with Crippen molar-refractivity contribution >= 4 is 16.1 Å². The van der Waals surface area contributed by atoms with Crippen LogP contribution in [-0.4, -0.2) is 67.0 Å². The average molecular weight is 376 g/mol. The number of aryl methyl sites for hydroxylation is 1. The number of aliphatic hydroxyl groups excluding tert-OH is 3. The van der Waals surface area contributed by atoms with Gasteiger partial charge in [0.1, 0.15) is 18.3 Å². The smallest absolute Gasteiger partial charge is 0.303 e. The molecule has 1 aromatic carbocycles. The van der Waals surface area contributed by atoms with Crippen molar-refractivity contribution < 1.29 is 42.2 Å². The van der Waals surface area contributed by atoms with Gasteiger partial charge in [-0.05, 0) is 19.1 Å². The van der Waals surface area contributed by atoms with Crippen molar-refractivity contribution in [1.82, 2.24) is 0 Å². The largest absolute Gasteiger partial charge is 0.457 e. The third-order valence-electron chi connectivity index (χ3n) is 3.66. The Kier molecular flexibility index (Phi) is 6.14. The summed E-state index contributed by atoms with van der Waals surface area (Å²) in [6.45, 7) is 2.22. The minimum atomic E-state index is -4.11. The van der Waals surface area contributed by atoms with E-state index >= 15 is 0 Å². The molecule has 140 valence electrons. The maximum absolute atomic E-state index is 12.1. The molecule has 1 heterocycles. The molecule has 0 aromatic heterocycles. The molecular formula is C15H20O9S. The van der Waals surface area contributed by atoms with Gasteiger partial charge in [0.15, 0.2) is 12.4 Å². The number of esters is 1. The van der Waals surface area contributed by atoms with Crippen LogP contribution < -0.4 is 0 Å². The van der Waals surface area contributed by atoms with Crippen LogP contribution in [0.25, 0.3) is 0 Å². The maximum atomic E-state index is 12.1. The lowest BCUT2D eigenvalue weighted by atomic mass is 9.99. The molecular weight excluding hydrogens is 356 g/mol. The minimum absolute atomic E-state index is 0.0829. The molecule has 9 nitrogen and oxygen atoms in total. The lowest BCUT2D eigenvalue weighted by molar-refractivity contribution is -0.288. The highest BCUT2D eigenvalue weighted by Crippen LogP contribution is 2.24. The van der Waals surface area contributed by atoms with E-state index in [2.05, 4.69) is 0 Å². The van der Waals surface area contributed by atoms with Crippen molar-refractivity contribution in [3.8, 4) is 0 Å². The first-order valence-corrected chi connectivity index (χ1v) is 8.85. The second-order valence-corrected chi connectivity index (χ2v) is 7.29. The molecule has 3 N–H and O–H groups in total. The Morgan fingerprint density at radius 1 is 1.16 bits per heavy atom. The summed E-state index contributed by atoms with van der Waals surface area (Å²) in [4.78, 5) is 11.0. The fraction of sp³-hybridized carbons (Fsp3) is 0.533. The van der Waals surface area contributed by atoms with Crippen molar-refractivity contribution in [3.63, 3.8) is 0 Å². The summed E-state index contributed by atoms with van der Waals surface area (Å²) in [5.74, 6) is -0.788. The van der Waals surface area contributed by atoms with Gasteiger partial charge in [-0.1, -0.05) is 17.7 Å². The molecule has 0 radical (unpaired) electrons. The van der Waals surface area contributed by atoms with Gasteiger partial charge in [-0.15, -0.1) is 0 Å². The predicted octanol–water partition coefficient (Wildman–Crippen LogP) is -0.929. The minimum Gasteiger partial charge on any atom is -0.457 e. The Morgan fingerprint density at radius 2 is 1.76 bits per heavy atom. The number of aliphatic hydroxyl groups is 3.